The molecule has 132 valence electrons. The van der Waals surface area contributed by atoms with E-state index < -0.39 is 11.6 Å². The maximum Gasteiger partial charge on any atom is 0.271 e. The lowest BCUT2D eigenvalue weighted by Crippen LogP contribution is -2.68. The molecule has 2 heterocycles. The van der Waals surface area contributed by atoms with E-state index in [0.29, 0.717) is 16.9 Å². The number of hydrogen-bond donors (Lipinski definition) is 1. The maximum absolute atomic E-state index is 13.3. The van der Waals surface area contributed by atoms with E-state index in [1.54, 1.807) is 49.5 Å². The zero-order valence-electron chi connectivity index (χ0n) is 14.0. The second kappa shape index (κ2) is 5.95. The number of para-hydroxylation sites is 1. The quantitative estimate of drug-likeness (QED) is 0.822. The minimum absolute atomic E-state index is 0.166. The molecule has 0 bridgehead atoms. The van der Waals surface area contributed by atoms with E-state index in [2.05, 4.69) is 21.2 Å². The molecule has 1 atom stereocenters. The first-order valence-electron chi connectivity index (χ1n) is 8.22. The van der Waals surface area contributed by atoms with E-state index in [-0.39, 0.29) is 24.7 Å². The van der Waals surface area contributed by atoms with Gasteiger partial charge in [-0.25, -0.2) is 0 Å². The monoisotopic (exact) mass is 413 g/mol. The molecule has 6 nitrogen and oxygen atoms in total. The van der Waals surface area contributed by atoms with Crippen LogP contribution in [0, 0.1) is 0 Å². The summed E-state index contributed by atoms with van der Waals surface area (Å²) in [4.78, 5) is 41.7. The Morgan fingerprint density at radius 1 is 1.15 bits per heavy atom. The zero-order valence-corrected chi connectivity index (χ0v) is 15.6. The SMILES string of the molecule is CN1C(=O)c2ccccc2N2C(=O)CC[C@]12C(=O)Nc1cccc(Br)c1. The average Bonchev–Trinajstić information content (AvgIpc) is 2.98. The fraction of sp³-hybridized carbons (Fsp3) is 0.211. The molecule has 0 aromatic heterocycles. The molecule has 1 fully saturated rings. The molecule has 0 saturated carbocycles. The standard InChI is InChI=1S/C19H16BrN3O3/c1-22-17(25)14-7-2-3-8-15(14)23-16(24)9-10-19(22,23)18(26)21-13-6-4-5-12(20)11-13/h2-8,11H,9-10H2,1H3,(H,21,26)/t19-/m0/s1. The Morgan fingerprint density at radius 3 is 2.69 bits per heavy atom. The van der Waals surface area contributed by atoms with Gasteiger partial charge in [-0.05, 0) is 30.3 Å². The highest BCUT2D eigenvalue weighted by Gasteiger charge is 2.59. The third-order valence-corrected chi connectivity index (χ3v) is 5.48. The molecule has 2 aliphatic heterocycles. The minimum Gasteiger partial charge on any atom is -0.322 e. The molecule has 1 saturated heterocycles. The van der Waals surface area contributed by atoms with Gasteiger partial charge in [0.05, 0.1) is 11.3 Å². The number of anilines is 2. The summed E-state index contributed by atoms with van der Waals surface area (Å²) in [6, 6.07) is 14.1. The molecule has 26 heavy (non-hydrogen) atoms. The van der Waals surface area contributed by atoms with Crippen molar-refractivity contribution in [2.45, 2.75) is 18.5 Å². The third kappa shape index (κ3) is 2.27. The van der Waals surface area contributed by atoms with Gasteiger partial charge in [0.1, 0.15) is 0 Å². The van der Waals surface area contributed by atoms with Crippen LogP contribution >= 0.6 is 15.9 Å². The normalized spacial score (nSPS) is 21.5. The molecular formula is C19H16BrN3O3. The van der Waals surface area contributed by atoms with Crippen molar-refractivity contribution < 1.29 is 14.4 Å². The number of rotatable bonds is 2. The molecular weight excluding hydrogens is 398 g/mol. The minimum atomic E-state index is -1.36. The lowest BCUT2D eigenvalue weighted by atomic mass is 9.96. The number of fused-ring (bicyclic) bond motifs is 3. The number of likely N-dealkylation sites (N-methyl/N-ethyl adjacent to an activating group) is 1. The Hall–Kier alpha value is -2.67. The summed E-state index contributed by atoms with van der Waals surface area (Å²) in [6.45, 7) is 0. The number of carbonyl (C=O) groups is 3. The van der Waals surface area contributed by atoms with Crippen LogP contribution in [0.15, 0.2) is 53.0 Å². The Labute approximate surface area is 158 Å². The van der Waals surface area contributed by atoms with Gasteiger partial charge < -0.3 is 10.2 Å². The fourth-order valence-corrected chi connectivity index (χ4v) is 4.12. The van der Waals surface area contributed by atoms with Crippen LogP contribution in [0.3, 0.4) is 0 Å². The number of hydrogen-bond acceptors (Lipinski definition) is 3. The van der Waals surface area contributed by atoms with Gasteiger partial charge in [0.15, 0.2) is 0 Å². The molecule has 0 radical (unpaired) electrons. The van der Waals surface area contributed by atoms with Crippen molar-refractivity contribution in [2.24, 2.45) is 0 Å². The summed E-state index contributed by atoms with van der Waals surface area (Å²) in [5, 5.41) is 2.86. The predicted molar refractivity (Wildman–Crippen MR) is 101 cm³/mol. The predicted octanol–water partition coefficient (Wildman–Crippen LogP) is 3.00. The number of amides is 3. The van der Waals surface area contributed by atoms with E-state index in [0.717, 1.165) is 4.47 Å². The van der Waals surface area contributed by atoms with Crippen molar-refractivity contribution >= 4 is 45.0 Å². The second-order valence-electron chi connectivity index (χ2n) is 6.39. The van der Waals surface area contributed by atoms with Crippen molar-refractivity contribution in [3.63, 3.8) is 0 Å². The third-order valence-electron chi connectivity index (χ3n) is 4.99. The Morgan fingerprint density at radius 2 is 1.92 bits per heavy atom. The molecule has 2 aliphatic rings. The first kappa shape index (κ1) is 16.8. The largest absolute Gasteiger partial charge is 0.322 e. The van der Waals surface area contributed by atoms with Gasteiger partial charge in [0.25, 0.3) is 11.8 Å². The average molecular weight is 414 g/mol. The van der Waals surface area contributed by atoms with E-state index in [1.165, 1.54) is 9.80 Å². The lowest BCUT2D eigenvalue weighted by Gasteiger charge is -2.47. The molecule has 0 spiro atoms. The van der Waals surface area contributed by atoms with Gasteiger partial charge in [-0.3, -0.25) is 19.3 Å². The molecule has 1 N–H and O–H groups in total. The van der Waals surface area contributed by atoms with E-state index >= 15 is 0 Å². The first-order valence-corrected chi connectivity index (χ1v) is 9.02. The van der Waals surface area contributed by atoms with Crippen LogP contribution < -0.4 is 10.2 Å². The summed E-state index contributed by atoms with van der Waals surface area (Å²) >= 11 is 3.37. The van der Waals surface area contributed by atoms with Crippen molar-refractivity contribution in [2.75, 3.05) is 17.3 Å². The first-order chi connectivity index (χ1) is 12.4. The molecule has 4 rings (SSSR count). The Bertz CT molecular complexity index is 945. The molecule has 3 amide bonds. The van der Waals surface area contributed by atoms with Crippen LogP contribution in [0.25, 0.3) is 0 Å². The number of nitrogens with one attached hydrogen (secondary N) is 1. The van der Waals surface area contributed by atoms with Gasteiger partial charge in [-0.1, -0.05) is 34.1 Å². The van der Waals surface area contributed by atoms with Gasteiger partial charge in [0.2, 0.25) is 11.6 Å². The Balaban J connectivity index is 1.81. The number of halogens is 1. The smallest absolute Gasteiger partial charge is 0.271 e. The van der Waals surface area contributed by atoms with E-state index in [1.807, 2.05) is 6.07 Å². The molecule has 2 aromatic carbocycles. The maximum atomic E-state index is 13.3. The highest BCUT2D eigenvalue weighted by molar-refractivity contribution is 9.10. The van der Waals surface area contributed by atoms with E-state index in [4.69, 9.17) is 0 Å². The lowest BCUT2D eigenvalue weighted by molar-refractivity contribution is -0.128. The summed E-state index contributed by atoms with van der Waals surface area (Å²) < 4.78 is 0.825. The number of nitrogens with zero attached hydrogens (tertiary/aromatic N) is 2. The van der Waals surface area contributed by atoms with Crippen LogP contribution in [0.2, 0.25) is 0 Å². The summed E-state index contributed by atoms with van der Waals surface area (Å²) in [7, 11) is 1.57. The molecule has 0 unspecified atom stereocenters. The molecule has 2 aromatic rings. The van der Waals surface area contributed by atoms with Crippen LogP contribution in [0.5, 0.6) is 0 Å². The van der Waals surface area contributed by atoms with Crippen molar-refractivity contribution in [3.05, 3.63) is 58.6 Å². The zero-order chi connectivity index (χ0) is 18.5. The number of carbonyl (C=O) groups excluding carboxylic acids is 3. The second-order valence-corrected chi connectivity index (χ2v) is 7.31. The van der Waals surface area contributed by atoms with Crippen molar-refractivity contribution in [1.29, 1.82) is 0 Å². The summed E-state index contributed by atoms with van der Waals surface area (Å²) in [5.41, 5.74) is 0.154. The topological polar surface area (TPSA) is 69.7 Å². The van der Waals surface area contributed by atoms with Crippen LogP contribution in [-0.2, 0) is 9.59 Å². The van der Waals surface area contributed by atoms with Crippen molar-refractivity contribution in [1.82, 2.24) is 4.90 Å². The van der Waals surface area contributed by atoms with Gasteiger partial charge in [0, 0.05) is 30.0 Å². The fourth-order valence-electron chi connectivity index (χ4n) is 3.73. The summed E-state index contributed by atoms with van der Waals surface area (Å²) in [5.74, 6) is -0.830. The highest BCUT2D eigenvalue weighted by atomic mass is 79.9. The van der Waals surface area contributed by atoms with Crippen LogP contribution in [0.4, 0.5) is 11.4 Å². The van der Waals surface area contributed by atoms with Gasteiger partial charge in [-0.2, -0.15) is 0 Å². The van der Waals surface area contributed by atoms with Gasteiger partial charge in [-0.15, -0.1) is 0 Å². The van der Waals surface area contributed by atoms with Crippen LogP contribution in [-0.4, -0.2) is 35.3 Å². The van der Waals surface area contributed by atoms with Crippen LogP contribution in [0.1, 0.15) is 23.2 Å². The van der Waals surface area contributed by atoms with E-state index in [9.17, 15) is 14.4 Å². The highest BCUT2D eigenvalue weighted by Crippen LogP contribution is 2.44. The van der Waals surface area contributed by atoms with Crippen molar-refractivity contribution in [3.8, 4) is 0 Å². The molecule has 7 heteroatoms. The molecule has 0 aliphatic carbocycles. The Kier molecular flexibility index (Phi) is 3.84. The number of benzene rings is 2. The summed E-state index contributed by atoms with van der Waals surface area (Å²) in [6.07, 6.45) is 0.458. The van der Waals surface area contributed by atoms with Gasteiger partial charge >= 0.3 is 0 Å².